The molecule has 44 heavy (non-hydrogen) atoms. The number of benzene rings is 2. The molecule has 0 atom stereocenters. The molecule has 0 aliphatic rings. The van der Waals surface area contributed by atoms with Crippen molar-refractivity contribution in [3.63, 3.8) is 0 Å². The van der Waals surface area contributed by atoms with E-state index in [1.807, 2.05) is 54.6 Å². The van der Waals surface area contributed by atoms with Crippen molar-refractivity contribution >= 4 is 28.6 Å². The summed E-state index contributed by atoms with van der Waals surface area (Å²) >= 11 is 0. The third-order valence-corrected chi connectivity index (χ3v) is 7.40. The third kappa shape index (κ3) is 10.9. The van der Waals surface area contributed by atoms with Gasteiger partial charge in [-0.15, -0.1) is 0 Å². The van der Waals surface area contributed by atoms with Gasteiger partial charge in [-0.3, -0.25) is 9.59 Å². The normalized spacial score (nSPS) is 11.6. The van der Waals surface area contributed by atoms with Crippen molar-refractivity contribution in [1.82, 2.24) is 4.57 Å². The minimum absolute atomic E-state index is 0.205. The second kappa shape index (κ2) is 18.6. The van der Waals surface area contributed by atoms with E-state index in [0.717, 1.165) is 67.8 Å². The Hall–Kier alpha value is -4.06. The highest BCUT2D eigenvalue weighted by Gasteiger charge is 2.20. The molecule has 0 aliphatic carbocycles. The molecule has 0 radical (unpaired) electrons. The molecule has 0 aliphatic heterocycles. The second-order valence-corrected chi connectivity index (χ2v) is 11.5. The van der Waals surface area contributed by atoms with Gasteiger partial charge in [-0.1, -0.05) is 87.1 Å². The summed E-state index contributed by atoms with van der Waals surface area (Å²) in [5, 5.41) is 3.76. The lowest BCUT2D eigenvalue weighted by Gasteiger charge is -2.19. The summed E-state index contributed by atoms with van der Waals surface area (Å²) in [4.78, 5) is 26.8. The van der Waals surface area contributed by atoms with E-state index in [-0.39, 0.29) is 17.2 Å². The van der Waals surface area contributed by atoms with Crippen LogP contribution in [0.5, 0.6) is 11.5 Å². The summed E-state index contributed by atoms with van der Waals surface area (Å²) in [5.41, 5.74) is 4.61. The maximum atomic E-state index is 14.0. The van der Waals surface area contributed by atoms with Crippen LogP contribution in [-0.2, 0) is 11.3 Å². The predicted molar refractivity (Wildman–Crippen MR) is 185 cm³/mol. The molecular formula is C38H50N2O4. The molecule has 0 saturated heterocycles. The zero-order valence-electron chi connectivity index (χ0n) is 27.3. The van der Waals surface area contributed by atoms with Crippen LogP contribution in [0, 0.1) is 0 Å². The van der Waals surface area contributed by atoms with Crippen molar-refractivity contribution in [1.29, 1.82) is 0 Å². The first-order valence-corrected chi connectivity index (χ1v) is 16.1. The fourth-order valence-corrected chi connectivity index (χ4v) is 4.86. The maximum Gasteiger partial charge on any atom is 0.297 e. The molecule has 236 valence electrons. The lowest BCUT2D eigenvalue weighted by molar-refractivity contribution is -0.111. The van der Waals surface area contributed by atoms with Gasteiger partial charge in [0.1, 0.15) is 6.61 Å². The van der Waals surface area contributed by atoms with Gasteiger partial charge in [0.25, 0.3) is 5.56 Å². The van der Waals surface area contributed by atoms with Gasteiger partial charge < -0.3 is 19.4 Å². The Balaban J connectivity index is 1.98. The van der Waals surface area contributed by atoms with Gasteiger partial charge in [0, 0.05) is 23.7 Å². The predicted octanol–water partition coefficient (Wildman–Crippen LogP) is 9.48. The number of pyridine rings is 1. The molecule has 6 heteroatoms. The molecule has 6 nitrogen and oxygen atoms in total. The van der Waals surface area contributed by atoms with E-state index < -0.39 is 0 Å². The van der Waals surface area contributed by atoms with E-state index in [2.05, 4.69) is 46.0 Å². The van der Waals surface area contributed by atoms with Gasteiger partial charge in [0.15, 0.2) is 5.75 Å². The van der Waals surface area contributed by atoms with Crippen molar-refractivity contribution in [2.24, 2.45) is 0 Å². The van der Waals surface area contributed by atoms with Crippen molar-refractivity contribution in [3.8, 4) is 11.5 Å². The van der Waals surface area contributed by atoms with E-state index in [4.69, 9.17) is 9.47 Å². The fraction of sp³-hybridized carbons (Fsp3) is 0.421. The monoisotopic (exact) mass is 598 g/mol. The molecule has 3 aromatic rings. The Bertz CT molecular complexity index is 1490. The molecule has 1 aromatic heterocycles. The molecule has 2 aromatic carbocycles. The zero-order valence-corrected chi connectivity index (χ0v) is 27.3. The van der Waals surface area contributed by atoms with E-state index in [9.17, 15) is 9.59 Å². The number of hydrogen-bond acceptors (Lipinski definition) is 4. The molecule has 1 amide bonds. The van der Waals surface area contributed by atoms with E-state index >= 15 is 0 Å². The van der Waals surface area contributed by atoms with Crippen molar-refractivity contribution in [3.05, 3.63) is 93.8 Å². The number of amides is 1. The lowest BCUT2D eigenvalue weighted by atomic mass is 10.1. The Morgan fingerprint density at radius 2 is 1.66 bits per heavy atom. The van der Waals surface area contributed by atoms with Crippen LogP contribution in [-0.4, -0.2) is 23.7 Å². The lowest BCUT2D eigenvalue weighted by Crippen LogP contribution is -2.24. The molecule has 0 unspecified atom stereocenters. The number of hydrogen-bond donors (Lipinski definition) is 1. The number of allylic oxidation sites excluding steroid dienone is 3. The largest absolute Gasteiger partial charge is 0.489 e. The SMILES string of the molecule is CCCCCCn1c(=O)c(OC/C=C(\C)CCC=C(C)C)c(OCCCC)c2ccc(NC(=O)C=Cc3ccccc3)cc21. The smallest absolute Gasteiger partial charge is 0.297 e. The Morgan fingerprint density at radius 3 is 2.39 bits per heavy atom. The zero-order chi connectivity index (χ0) is 31.7. The average Bonchev–Trinajstić information content (AvgIpc) is 3.01. The van der Waals surface area contributed by atoms with Crippen LogP contribution in [0.15, 0.2) is 82.7 Å². The Labute approximate surface area is 263 Å². The number of rotatable bonds is 18. The minimum Gasteiger partial charge on any atom is -0.489 e. The Kier molecular flexibility index (Phi) is 14.5. The quantitative estimate of drug-likeness (QED) is 0.0899. The van der Waals surface area contributed by atoms with Crippen LogP contribution >= 0.6 is 0 Å². The van der Waals surface area contributed by atoms with Crippen LogP contribution in [0.3, 0.4) is 0 Å². The standard InChI is InChI=1S/C38H50N2O4/c1-6-8-10-14-25-40-34-28-32(39-35(41)23-20-31-18-12-11-13-19-31)21-22-33(34)36(43-26-9-7-2)37(38(40)42)44-27-24-30(5)17-15-16-29(3)4/h11-13,16,18-24,28H,6-10,14-15,17,25-27H2,1-5H3,(H,39,41)/b23-20?,30-24+. The summed E-state index contributed by atoms with van der Waals surface area (Å²) in [7, 11) is 0. The van der Waals surface area contributed by atoms with Crippen molar-refractivity contribution < 1.29 is 14.3 Å². The first-order valence-electron chi connectivity index (χ1n) is 16.1. The average molecular weight is 599 g/mol. The number of anilines is 1. The molecule has 1 N–H and O–H groups in total. The van der Waals surface area contributed by atoms with Crippen LogP contribution in [0.2, 0.25) is 0 Å². The number of unbranched alkanes of at least 4 members (excludes halogenated alkanes) is 4. The van der Waals surface area contributed by atoms with Gasteiger partial charge in [0.05, 0.1) is 12.1 Å². The molecule has 0 saturated carbocycles. The first kappa shape index (κ1) is 34.4. The number of nitrogens with one attached hydrogen (secondary N) is 1. The molecular weight excluding hydrogens is 548 g/mol. The Morgan fingerprint density at radius 1 is 0.886 bits per heavy atom. The summed E-state index contributed by atoms with van der Waals surface area (Å²) in [6, 6.07) is 15.3. The van der Waals surface area contributed by atoms with Gasteiger partial charge in [-0.25, -0.2) is 0 Å². The topological polar surface area (TPSA) is 69.6 Å². The van der Waals surface area contributed by atoms with Crippen LogP contribution < -0.4 is 20.3 Å². The van der Waals surface area contributed by atoms with Crippen LogP contribution in [0.1, 0.15) is 91.5 Å². The number of nitrogens with zero attached hydrogens (tertiary/aromatic N) is 1. The molecule has 0 bridgehead atoms. The fourth-order valence-electron chi connectivity index (χ4n) is 4.86. The number of carbonyl (C=O) groups excluding carboxylic acids is 1. The second-order valence-electron chi connectivity index (χ2n) is 11.5. The van der Waals surface area contributed by atoms with Gasteiger partial charge in [-0.2, -0.15) is 0 Å². The highest BCUT2D eigenvalue weighted by molar-refractivity contribution is 6.03. The van der Waals surface area contributed by atoms with Gasteiger partial charge in [0.2, 0.25) is 11.7 Å². The molecule has 1 heterocycles. The summed E-state index contributed by atoms with van der Waals surface area (Å²) < 4.78 is 14.3. The van der Waals surface area contributed by atoms with Crippen LogP contribution in [0.4, 0.5) is 5.69 Å². The van der Waals surface area contributed by atoms with E-state index in [0.29, 0.717) is 31.2 Å². The summed E-state index contributed by atoms with van der Waals surface area (Å²) in [6.07, 6.45) is 15.5. The maximum absolute atomic E-state index is 14.0. The summed E-state index contributed by atoms with van der Waals surface area (Å²) in [5.74, 6) is 0.483. The van der Waals surface area contributed by atoms with Gasteiger partial charge in [-0.05, 0) is 82.4 Å². The number of aryl methyl sites for hydroxylation is 1. The summed E-state index contributed by atoms with van der Waals surface area (Å²) in [6.45, 7) is 11.9. The number of aromatic nitrogens is 1. The first-order chi connectivity index (χ1) is 21.3. The van der Waals surface area contributed by atoms with E-state index in [1.165, 1.54) is 17.2 Å². The van der Waals surface area contributed by atoms with Crippen LogP contribution in [0.25, 0.3) is 17.0 Å². The molecule has 3 rings (SSSR count). The van der Waals surface area contributed by atoms with Crippen molar-refractivity contribution in [2.75, 3.05) is 18.5 Å². The van der Waals surface area contributed by atoms with Crippen molar-refractivity contribution in [2.45, 2.75) is 92.5 Å². The molecule has 0 fully saturated rings. The number of carbonyl (C=O) groups is 1. The highest BCUT2D eigenvalue weighted by atomic mass is 16.5. The number of fused-ring (bicyclic) bond motifs is 1. The molecule has 0 spiro atoms. The third-order valence-electron chi connectivity index (χ3n) is 7.40. The van der Waals surface area contributed by atoms with E-state index in [1.54, 1.807) is 10.6 Å². The highest BCUT2D eigenvalue weighted by Crippen LogP contribution is 2.35. The minimum atomic E-state index is -0.240. The number of ether oxygens (including phenoxy) is 2. The van der Waals surface area contributed by atoms with Gasteiger partial charge >= 0.3 is 0 Å².